The van der Waals surface area contributed by atoms with Crippen molar-refractivity contribution in [3.63, 3.8) is 0 Å². The van der Waals surface area contributed by atoms with Crippen molar-refractivity contribution in [1.29, 1.82) is 0 Å². The smallest absolute Gasteiger partial charge is 0.203 e. The van der Waals surface area contributed by atoms with Crippen LogP contribution in [0.2, 0.25) is 0 Å². The van der Waals surface area contributed by atoms with Crippen molar-refractivity contribution in [2.24, 2.45) is 0 Å². The normalized spacial score (nSPS) is 23.3. The van der Waals surface area contributed by atoms with Gasteiger partial charge in [-0.05, 0) is 48.4 Å². The molecule has 4 rings (SSSR count). The molecule has 1 heterocycles. The van der Waals surface area contributed by atoms with Crippen LogP contribution in [0.25, 0.3) is 10.8 Å². The molecule has 2 aromatic rings. The summed E-state index contributed by atoms with van der Waals surface area (Å²) in [6.07, 6.45) is 6.07. The van der Waals surface area contributed by atoms with E-state index in [0.29, 0.717) is 6.42 Å². The fourth-order valence-electron chi connectivity index (χ4n) is 3.41. The van der Waals surface area contributed by atoms with E-state index in [0.717, 1.165) is 22.4 Å². The fraction of sp³-hybridized carbons (Fsp3) is 0.211. The van der Waals surface area contributed by atoms with Crippen LogP contribution in [0, 0.1) is 6.92 Å². The minimum atomic E-state index is -0.837. The second kappa shape index (κ2) is 4.08. The number of fused-ring (bicyclic) bond motifs is 3. The second-order valence-corrected chi connectivity index (χ2v) is 5.98. The van der Waals surface area contributed by atoms with Gasteiger partial charge in [-0.25, -0.2) is 0 Å². The van der Waals surface area contributed by atoms with Crippen LogP contribution in [0.3, 0.4) is 0 Å². The summed E-state index contributed by atoms with van der Waals surface area (Å²) in [5.74, 6) is 0.911. The summed E-state index contributed by atoms with van der Waals surface area (Å²) < 4.78 is 6.18. The van der Waals surface area contributed by atoms with E-state index in [9.17, 15) is 4.79 Å². The minimum Gasteiger partial charge on any atom is -0.474 e. The molecule has 2 aliphatic rings. The topological polar surface area (TPSA) is 26.3 Å². The van der Waals surface area contributed by atoms with Gasteiger partial charge < -0.3 is 4.74 Å². The molecule has 0 saturated carbocycles. The highest BCUT2D eigenvalue weighted by atomic mass is 16.5. The number of allylic oxidation sites excluding steroid dienone is 2. The minimum absolute atomic E-state index is 0.0350. The maximum Gasteiger partial charge on any atom is 0.203 e. The van der Waals surface area contributed by atoms with Gasteiger partial charge in [0.2, 0.25) is 5.78 Å². The third-order valence-electron chi connectivity index (χ3n) is 4.39. The van der Waals surface area contributed by atoms with Crippen molar-refractivity contribution in [3.05, 3.63) is 65.3 Å². The van der Waals surface area contributed by atoms with Gasteiger partial charge in [0, 0.05) is 12.0 Å². The Hall–Kier alpha value is -2.35. The molecule has 2 aromatic carbocycles. The standard InChI is InChI=1S/C19H16O2/c1-12-7-8-17(20)19(10-12)11-16-15-6-4-3-5-14(15)9-13(2)18(16)21-19/h3-10H,11H2,1-2H3. The van der Waals surface area contributed by atoms with Crippen LogP contribution in [0.15, 0.2) is 54.1 Å². The number of rotatable bonds is 0. The van der Waals surface area contributed by atoms with Gasteiger partial charge >= 0.3 is 0 Å². The van der Waals surface area contributed by atoms with Gasteiger partial charge in [-0.3, -0.25) is 4.79 Å². The Morgan fingerprint density at radius 3 is 2.81 bits per heavy atom. The largest absolute Gasteiger partial charge is 0.474 e. The Bertz CT molecular complexity index is 842. The van der Waals surface area contributed by atoms with Crippen LogP contribution in [-0.2, 0) is 11.2 Å². The highest BCUT2D eigenvalue weighted by Gasteiger charge is 2.45. The number of ketones is 1. The predicted octanol–water partition coefficient (Wildman–Crippen LogP) is 3.91. The van der Waals surface area contributed by atoms with Crippen molar-refractivity contribution in [2.45, 2.75) is 25.9 Å². The van der Waals surface area contributed by atoms with Gasteiger partial charge in [-0.1, -0.05) is 35.9 Å². The summed E-state index contributed by atoms with van der Waals surface area (Å²) in [6.45, 7) is 4.05. The number of carbonyl (C=O) groups is 1. The molecule has 2 heteroatoms. The number of carbonyl (C=O) groups excluding carboxylic acids is 1. The Balaban J connectivity index is 1.95. The van der Waals surface area contributed by atoms with Crippen LogP contribution in [0.1, 0.15) is 18.1 Å². The lowest BCUT2D eigenvalue weighted by Crippen LogP contribution is -2.42. The number of hydrogen-bond donors (Lipinski definition) is 0. The maximum absolute atomic E-state index is 12.4. The summed E-state index contributed by atoms with van der Waals surface area (Å²) in [7, 11) is 0. The van der Waals surface area contributed by atoms with Gasteiger partial charge in [-0.15, -0.1) is 0 Å². The Morgan fingerprint density at radius 2 is 1.95 bits per heavy atom. The van der Waals surface area contributed by atoms with Crippen molar-refractivity contribution in [2.75, 3.05) is 0 Å². The molecule has 0 amide bonds. The zero-order valence-electron chi connectivity index (χ0n) is 12.1. The molecule has 1 spiro atoms. The summed E-state index contributed by atoms with van der Waals surface area (Å²) in [4.78, 5) is 12.4. The number of aryl methyl sites for hydroxylation is 1. The van der Waals surface area contributed by atoms with Crippen LogP contribution < -0.4 is 4.74 Å². The zero-order valence-corrected chi connectivity index (χ0v) is 12.1. The van der Waals surface area contributed by atoms with Crippen LogP contribution in [0.5, 0.6) is 5.75 Å². The summed E-state index contributed by atoms with van der Waals surface area (Å²) in [6, 6.07) is 10.4. The summed E-state index contributed by atoms with van der Waals surface area (Å²) >= 11 is 0. The average Bonchev–Trinajstić information content (AvgIpc) is 2.85. The van der Waals surface area contributed by atoms with Crippen molar-refractivity contribution in [1.82, 2.24) is 0 Å². The molecule has 104 valence electrons. The Morgan fingerprint density at radius 1 is 1.14 bits per heavy atom. The first-order chi connectivity index (χ1) is 10.1. The van der Waals surface area contributed by atoms with E-state index in [1.165, 1.54) is 10.8 Å². The lowest BCUT2D eigenvalue weighted by atomic mass is 9.85. The monoisotopic (exact) mass is 276 g/mol. The van der Waals surface area contributed by atoms with Crippen LogP contribution in [-0.4, -0.2) is 11.4 Å². The van der Waals surface area contributed by atoms with E-state index in [4.69, 9.17) is 4.74 Å². The Labute approximate surface area is 123 Å². The number of hydrogen-bond acceptors (Lipinski definition) is 2. The van der Waals surface area contributed by atoms with E-state index >= 15 is 0 Å². The highest BCUT2D eigenvalue weighted by Crippen LogP contribution is 2.44. The van der Waals surface area contributed by atoms with Gasteiger partial charge in [-0.2, -0.15) is 0 Å². The van der Waals surface area contributed by atoms with Crippen molar-refractivity contribution < 1.29 is 9.53 Å². The van der Waals surface area contributed by atoms with Crippen LogP contribution >= 0.6 is 0 Å². The zero-order chi connectivity index (χ0) is 14.6. The van der Waals surface area contributed by atoms with Gasteiger partial charge in [0.25, 0.3) is 0 Å². The van der Waals surface area contributed by atoms with Gasteiger partial charge in [0.15, 0.2) is 5.60 Å². The van der Waals surface area contributed by atoms with E-state index in [1.54, 1.807) is 6.08 Å². The Kier molecular flexibility index (Phi) is 2.41. The SMILES string of the molecule is CC1=CC2(Cc3c(c(C)cc4ccccc34)O2)C(=O)C=C1. The maximum atomic E-state index is 12.4. The number of benzene rings is 2. The third-order valence-corrected chi connectivity index (χ3v) is 4.39. The van der Waals surface area contributed by atoms with Crippen molar-refractivity contribution in [3.8, 4) is 5.75 Å². The van der Waals surface area contributed by atoms with E-state index in [2.05, 4.69) is 18.2 Å². The molecule has 1 unspecified atom stereocenters. The summed E-state index contributed by atoms with van der Waals surface area (Å²) in [5, 5.41) is 2.39. The average molecular weight is 276 g/mol. The van der Waals surface area contributed by atoms with Crippen molar-refractivity contribution >= 4 is 16.6 Å². The van der Waals surface area contributed by atoms with E-state index in [-0.39, 0.29) is 5.78 Å². The first-order valence-corrected chi connectivity index (χ1v) is 7.21. The quantitative estimate of drug-likeness (QED) is 0.729. The fourth-order valence-corrected chi connectivity index (χ4v) is 3.41. The molecule has 0 radical (unpaired) electrons. The predicted molar refractivity (Wildman–Crippen MR) is 83.7 cm³/mol. The molecule has 0 bridgehead atoms. The molecule has 1 aliphatic heterocycles. The second-order valence-electron chi connectivity index (χ2n) is 5.98. The molecule has 0 N–H and O–H groups in total. The lowest BCUT2D eigenvalue weighted by molar-refractivity contribution is -0.124. The van der Waals surface area contributed by atoms with Gasteiger partial charge in [0.1, 0.15) is 5.75 Å². The molecular weight excluding hydrogens is 260 g/mol. The summed E-state index contributed by atoms with van der Waals surface area (Å²) in [5.41, 5.74) is 2.48. The van der Waals surface area contributed by atoms with E-state index < -0.39 is 5.60 Å². The molecule has 0 saturated heterocycles. The highest BCUT2D eigenvalue weighted by molar-refractivity contribution is 6.03. The first kappa shape index (κ1) is 12.4. The lowest BCUT2D eigenvalue weighted by Gasteiger charge is -2.25. The van der Waals surface area contributed by atoms with Gasteiger partial charge in [0.05, 0.1) is 0 Å². The molecule has 2 nitrogen and oxygen atoms in total. The molecule has 21 heavy (non-hydrogen) atoms. The molecular formula is C19H16O2. The molecule has 0 fully saturated rings. The third kappa shape index (κ3) is 1.69. The first-order valence-electron chi connectivity index (χ1n) is 7.21. The molecule has 1 aliphatic carbocycles. The van der Waals surface area contributed by atoms with Crippen LogP contribution in [0.4, 0.5) is 0 Å². The number of ether oxygens (including phenoxy) is 1. The van der Waals surface area contributed by atoms with E-state index in [1.807, 2.05) is 38.1 Å². The molecule has 0 aromatic heterocycles. The molecule has 1 atom stereocenters.